The number of thioether (sulfide) groups is 1. The van der Waals surface area contributed by atoms with Gasteiger partial charge in [-0.15, -0.1) is 0 Å². The summed E-state index contributed by atoms with van der Waals surface area (Å²) >= 11 is 0.911. The van der Waals surface area contributed by atoms with Crippen molar-refractivity contribution in [2.24, 2.45) is 0 Å². The predicted octanol–water partition coefficient (Wildman–Crippen LogP) is 0.456. The molecule has 0 spiro atoms. The molecule has 0 aliphatic heterocycles. The highest BCUT2D eigenvalue weighted by Gasteiger charge is 2.06. The van der Waals surface area contributed by atoms with Crippen molar-refractivity contribution in [1.82, 2.24) is 0 Å². The van der Waals surface area contributed by atoms with E-state index in [0.29, 0.717) is 6.61 Å². The average Bonchev–Trinajstić information content (AvgIpc) is 2.02. The third kappa shape index (κ3) is 6.18. The maximum Gasteiger partial charge on any atom is 0.316 e. The van der Waals surface area contributed by atoms with Crippen LogP contribution in [0.2, 0.25) is 0 Å². The van der Waals surface area contributed by atoms with E-state index < -0.39 is 0 Å². The summed E-state index contributed by atoms with van der Waals surface area (Å²) < 4.78 is 9.19. The molecule has 0 unspecified atom stereocenters. The van der Waals surface area contributed by atoms with Gasteiger partial charge in [0.05, 0.1) is 12.4 Å². The molecule has 0 radical (unpaired) electrons. The van der Waals surface area contributed by atoms with E-state index in [4.69, 9.17) is 0 Å². The first-order valence-corrected chi connectivity index (χ1v) is 4.49. The normalized spacial score (nSPS) is 9.50. The van der Waals surface area contributed by atoms with Crippen LogP contribution in [0.3, 0.4) is 0 Å². The lowest BCUT2D eigenvalue weighted by molar-refractivity contribution is -0.140. The molecule has 0 aliphatic rings. The van der Waals surface area contributed by atoms with Gasteiger partial charge < -0.3 is 9.47 Å². The number of carbonyl (C=O) groups is 2. The van der Waals surface area contributed by atoms with Crippen molar-refractivity contribution in [2.45, 2.75) is 6.92 Å². The molecule has 0 aromatic carbocycles. The minimum Gasteiger partial charge on any atom is -0.465 e. The molecule has 4 nitrogen and oxygen atoms in total. The van der Waals surface area contributed by atoms with Crippen molar-refractivity contribution in [3.8, 4) is 0 Å². The highest BCUT2D eigenvalue weighted by atomic mass is 32.2. The smallest absolute Gasteiger partial charge is 0.316 e. The first kappa shape index (κ1) is 11.4. The standard InChI is InChI=1S/C7H12O4S/c1-3-11-6(8)5-12-7(9)4-10-2/h3-5H2,1-2H3. The van der Waals surface area contributed by atoms with Crippen molar-refractivity contribution in [3.05, 3.63) is 0 Å². The SMILES string of the molecule is CCOC(=O)CSC(=O)COC. The number of esters is 1. The number of hydrogen-bond donors (Lipinski definition) is 0. The fourth-order valence-corrected chi connectivity index (χ4v) is 1.06. The van der Waals surface area contributed by atoms with E-state index in [1.807, 2.05) is 0 Å². The molecule has 0 aliphatic carbocycles. The Morgan fingerprint density at radius 2 is 2.08 bits per heavy atom. The number of ether oxygens (including phenoxy) is 2. The lowest BCUT2D eigenvalue weighted by atomic mass is 10.8. The Morgan fingerprint density at radius 1 is 1.42 bits per heavy atom. The summed E-state index contributed by atoms with van der Waals surface area (Å²) in [4.78, 5) is 21.5. The molecule has 0 aromatic rings. The van der Waals surface area contributed by atoms with E-state index in [-0.39, 0.29) is 23.4 Å². The second kappa shape index (κ2) is 7.12. The molecule has 0 fully saturated rings. The van der Waals surface area contributed by atoms with E-state index in [1.54, 1.807) is 6.92 Å². The van der Waals surface area contributed by atoms with E-state index >= 15 is 0 Å². The summed E-state index contributed by atoms with van der Waals surface area (Å²) in [5.74, 6) is -0.303. The molecule has 0 rings (SSSR count). The summed E-state index contributed by atoms with van der Waals surface area (Å²) in [5, 5.41) is -0.162. The van der Waals surface area contributed by atoms with E-state index in [1.165, 1.54) is 7.11 Å². The van der Waals surface area contributed by atoms with Crippen LogP contribution in [0, 0.1) is 0 Å². The van der Waals surface area contributed by atoms with Crippen molar-refractivity contribution in [1.29, 1.82) is 0 Å². The molecule has 0 aromatic heterocycles. The minimum atomic E-state index is -0.369. The Balaban J connectivity index is 3.40. The molecule has 5 heteroatoms. The third-order valence-corrected chi connectivity index (χ3v) is 1.74. The highest BCUT2D eigenvalue weighted by molar-refractivity contribution is 8.14. The van der Waals surface area contributed by atoms with Gasteiger partial charge >= 0.3 is 5.97 Å². The topological polar surface area (TPSA) is 52.6 Å². The van der Waals surface area contributed by atoms with Gasteiger partial charge in [-0.3, -0.25) is 9.59 Å². The van der Waals surface area contributed by atoms with Crippen LogP contribution >= 0.6 is 11.8 Å². The number of methoxy groups -OCH3 is 1. The van der Waals surface area contributed by atoms with Crippen LogP contribution < -0.4 is 0 Å². The second-order valence-corrected chi connectivity index (χ2v) is 2.93. The zero-order chi connectivity index (χ0) is 9.40. The van der Waals surface area contributed by atoms with Crippen LogP contribution in [-0.2, 0) is 19.1 Å². The van der Waals surface area contributed by atoms with Crippen molar-refractivity contribution >= 4 is 22.8 Å². The van der Waals surface area contributed by atoms with Crippen LogP contribution in [0.5, 0.6) is 0 Å². The van der Waals surface area contributed by atoms with Crippen molar-refractivity contribution in [3.63, 3.8) is 0 Å². The Bertz CT molecular complexity index is 139. The van der Waals surface area contributed by atoms with Gasteiger partial charge in [0, 0.05) is 7.11 Å². The lowest BCUT2D eigenvalue weighted by Gasteiger charge is -1.99. The lowest BCUT2D eigenvalue weighted by Crippen LogP contribution is -2.10. The van der Waals surface area contributed by atoms with Gasteiger partial charge in [-0.05, 0) is 6.92 Å². The average molecular weight is 192 g/mol. The first-order chi connectivity index (χ1) is 5.70. The van der Waals surface area contributed by atoms with E-state index in [9.17, 15) is 9.59 Å². The Morgan fingerprint density at radius 3 is 2.58 bits per heavy atom. The second-order valence-electron chi connectivity index (χ2n) is 1.90. The van der Waals surface area contributed by atoms with E-state index in [2.05, 4.69) is 9.47 Å². The molecule has 0 heterocycles. The molecule has 0 bridgehead atoms. The van der Waals surface area contributed by atoms with Gasteiger partial charge in [-0.25, -0.2) is 0 Å². The third-order valence-electron chi connectivity index (χ3n) is 0.919. The quantitative estimate of drug-likeness (QED) is 0.592. The maximum absolute atomic E-state index is 10.8. The number of rotatable bonds is 5. The molecule has 0 saturated heterocycles. The zero-order valence-electron chi connectivity index (χ0n) is 7.16. The van der Waals surface area contributed by atoms with Gasteiger partial charge in [0.1, 0.15) is 6.61 Å². The Kier molecular flexibility index (Phi) is 6.79. The van der Waals surface area contributed by atoms with Crippen LogP contribution in [-0.4, -0.2) is 37.2 Å². The number of carbonyl (C=O) groups excluding carboxylic acids is 2. The van der Waals surface area contributed by atoms with Crippen molar-refractivity contribution in [2.75, 3.05) is 26.1 Å². The largest absolute Gasteiger partial charge is 0.465 e. The molecule has 0 saturated carbocycles. The predicted molar refractivity (Wildman–Crippen MR) is 46.0 cm³/mol. The maximum atomic E-state index is 10.8. The van der Waals surface area contributed by atoms with Gasteiger partial charge in [0.15, 0.2) is 0 Å². The molecule has 70 valence electrons. The van der Waals surface area contributed by atoms with E-state index in [0.717, 1.165) is 11.8 Å². The summed E-state index contributed by atoms with van der Waals surface area (Å²) in [7, 11) is 1.43. The van der Waals surface area contributed by atoms with Crippen LogP contribution in [0.15, 0.2) is 0 Å². The molecular formula is C7H12O4S. The minimum absolute atomic E-state index is 0.0318. The van der Waals surface area contributed by atoms with Crippen LogP contribution in [0.4, 0.5) is 0 Å². The van der Waals surface area contributed by atoms with Gasteiger partial charge in [0.25, 0.3) is 0 Å². The molecule has 12 heavy (non-hydrogen) atoms. The molecule has 0 N–H and O–H groups in total. The van der Waals surface area contributed by atoms with Crippen LogP contribution in [0.25, 0.3) is 0 Å². The zero-order valence-corrected chi connectivity index (χ0v) is 7.98. The van der Waals surface area contributed by atoms with Crippen LogP contribution in [0.1, 0.15) is 6.92 Å². The summed E-state index contributed by atoms with van der Waals surface area (Å²) in [6.07, 6.45) is 0. The summed E-state index contributed by atoms with van der Waals surface area (Å²) in [6, 6.07) is 0. The fourth-order valence-electron chi connectivity index (χ4n) is 0.502. The molecule has 0 amide bonds. The molecule has 0 atom stereocenters. The van der Waals surface area contributed by atoms with Gasteiger partial charge in [-0.2, -0.15) is 0 Å². The van der Waals surface area contributed by atoms with Gasteiger partial charge in [0.2, 0.25) is 5.12 Å². The fraction of sp³-hybridized carbons (Fsp3) is 0.714. The van der Waals surface area contributed by atoms with Gasteiger partial charge in [-0.1, -0.05) is 11.8 Å². The monoisotopic (exact) mass is 192 g/mol. The Hall–Kier alpha value is -0.550. The summed E-state index contributed by atoms with van der Waals surface area (Å²) in [6.45, 7) is 2.10. The first-order valence-electron chi connectivity index (χ1n) is 3.50. The summed E-state index contributed by atoms with van der Waals surface area (Å²) in [5.41, 5.74) is 0. The number of hydrogen-bond acceptors (Lipinski definition) is 5. The highest BCUT2D eigenvalue weighted by Crippen LogP contribution is 2.02. The Labute approximate surface area is 75.6 Å². The van der Waals surface area contributed by atoms with Crippen molar-refractivity contribution < 1.29 is 19.1 Å². The molecular weight excluding hydrogens is 180 g/mol.